The summed E-state index contributed by atoms with van der Waals surface area (Å²) in [7, 11) is 1.60. The van der Waals surface area contributed by atoms with E-state index in [0.29, 0.717) is 34.6 Å². The first-order chi connectivity index (χ1) is 22.3. The van der Waals surface area contributed by atoms with Crippen LogP contribution in [0.5, 0.6) is 5.75 Å². The highest BCUT2D eigenvalue weighted by atomic mass is 32.1. The third kappa shape index (κ3) is 8.09. The molecule has 0 unspecified atom stereocenters. The number of carbonyl (C=O) groups excluding carboxylic acids is 3. The van der Waals surface area contributed by atoms with Crippen LogP contribution in [0.25, 0.3) is 0 Å². The van der Waals surface area contributed by atoms with Gasteiger partial charge >= 0.3 is 11.9 Å². The maximum Gasteiger partial charge on any atom is 0.332 e. The van der Waals surface area contributed by atoms with E-state index in [9.17, 15) is 9.59 Å². The van der Waals surface area contributed by atoms with Crippen LogP contribution in [-0.2, 0) is 24.5 Å². The normalized spacial score (nSPS) is 26.5. The Hall–Kier alpha value is -2.94. The summed E-state index contributed by atoms with van der Waals surface area (Å²) in [6.45, 7) is 22.4. The van der Waals surface area contributed by atoms with Crippen molar-refractivity contribution in [1.29, 1.82) is 0 Å². The molecule has 0 N–H and O–H groups in total. The average molecular weight is 683 g/mol. The summed E-state index contributed by atoms with van der Waals surface area (Å²) < 4.78 is 18.4. The van der Waals surface area contributed by atoms with Gasteiger partial charge in [-0.05, 0) is 93.2 Å². The lowest BCUT2D eigenvalue weighted by molar-refractivity contribution is -0.168. The molecule has 1 aliphatic heterocycles. The molecule has 266 valence electrons. The van der Waals surface area contributed by atoms with Gasteiger partial charge in [-0.15, -0.1) is 11.3 Å². The summed E-state index contributed by atoms with van der Waals surface area (Å²) in [6, 6.07) is 4.64. The lowest BCUT2D eigenvalue weighted by Gasteiger charge is -2.41. The Morgan fingerprint density at radius 2 is 1.75 bits per heavy atom. The molecule has 1 amide bonds. The summed E-state index contributed by atoms with van der Waals surface area (Å²) in [4.78, 5) is 50.6. The second kappa shape index (κ2) is 14.5. The van der Waals surface area contributed by atoms with Gasteiger partial charge in [-0.3, -0.25) is 9.59 Å². The molecule has 6 atom stereocenters. The number of thiazole rings is 1. The van der Waals surface area contributed by atoms with Crippen molar-refractivity contribution in [3.05, 3.63) is 45.9 Å². The molecule has 1 aromatic carbocycles. The van der Waals surface area contributed by atoms with Gasteiger partial charge in [0.2, 0.25) is 0 Å². The number of hydrogen-bond donors (Lipinski definition) is 0. The number of aromatic nitrogens is 1. The molecule has 1 saturated carbocycles. The minimum Gasteiger partial charge on any atom is -0.496 e. The van der Waals surface area contributed by atoms with Gasteiger partial charge in [0.1, 0.15) is 28.0 Å². The van der Waals surface area contributed by atoms with E-state index in [1.54, 1.807) is 30.3 Å². The van der Waals surface area contributed by atoms with E-state index >= 15 is 4.79 Å². The van der Waals surface area contributed by atoms with Crippen molar-refractivity contribution >= 4 is 29.2 Å². The summed E-state index contributed by atoms with van der Waals surface area (Å²) in [5, 5.41) is 2.44. The Labute approximate surface area is 292 Å². The second-order valence-electron chi connectivity index (χ2n) is 16.9. The SMILES string of the molecule is COc1cc(C(=O)N2[C@@H](c3nccs3)[C@@H](C(=O)O[C@@H]3C[C@H](C)CC[C@H]3C(C)C)C[C@@]2(CC(C)C)C(=O)OC(C)(C)C)ccc1C(C)(C)C. The number of carbonyl (C=O) groups is 3. The number of nitrogens with zero attached hydrogens (tertiary/aromatic N) is 2. The average Bonchev–Trinajstić information content (AvgIpc) is 3.61. The number of methoxy groups -OCH3 is 1. The summed E-state index contributed by atoms with van der Waals surface area (Å²) >= 11 is 1.38. The monoisotopic (exact) mass is 682 g/mol. The Morgan fingerprint density at radius 1 is 1.06 bits per heavy atom. The van der Waals surface area contributed by atoms with Crippen molar-refractivity contribution in [1.82, 2.24) is 9.88 Å². The zero-order chi connectivity index (χ0) is 35.8. The molecule has 2 fully saturated rings. The van der Waals surface area contributed by atoms with Crippen LogP contribution >= 0.6 is 11.3 Å². The van der Waals surface area contributed by atoms with E-state index < -0.39 is 29.1 Å². The fourth-order valence-electron chi connectivity index (χ4n) is 7.78. The van der Waals surface area contributed by atoms with E-state index in [1.807, 2.05) is 46.1 Å². The van der Waals surface area contributed by atoms with Gasteiger partial charge in [0, 0.05) is 17.1 Å². The zero-order valence-corrected chi connectivity index (χ0v) is 32.0. The molecule has 2 aromatic rings. The van der Waals surface area contributed by atoms with E-state index in [1.165, 1.54) is 11.3 Å². The van der Waals surface area contributed by atoms with Gasteiger partial charge in [-0.2, -0.15) is 0 Å². The first-order valence-electron chi connectivity index (χ1n) is 17.6. The lowest BCUT2D eigenvalue weighted by Crippen LogP contribution is -2.56. The van der Waals surface area contributed by atoms with Crippen molar-refractivity contribution in [2.45, 2.75) is 137 Å². The number of amides is 1. The minimum atomic E-state index is -1.44. The molecule has 48 heavy (non-hydrogen) atoms. The van der Waals surface area contributed by atoms with Crippen LogP contribution in [0, 0.1) is 29.6 Å². The number of benzene rings is 1. The standard InChI is InChI=1S/C39H58N2O6S/c1-23(2)21-39(36(44)47-38(9,10)11)22-28(35(43)46-30-19-25(5)13-15-27(30)24(3)4)32(33-40-17-18-48-33)41(39)34(42)26-14-16-29(37(6,7)8)31(20-26)45-12/h14,16-18,20,23-25,27-28,30,32H,13,15,19,21-22H2,1-12H3/t25-,27+,28+,30-,32-,39+/m1/s1. The predicted molar refractivity (Wildman–Crippen MR) is 190 cm³/mol. The van der Waals surface area contributed by atoms with Crippen molar-refractivity contribution < 1.29 is 28.6 Å². The van der Waals surface area contributed by atoms with Gasteiger partial charge in [0.05, 0.1) is 19.1 Å². The third-order valence-electron chi connectivity index (χ3n) is 9.91. The number of rotatable bonds is 9. The molecular weight excluding hydrogens is 625 g/mol. The van der Waals surface area contributed by atoms with Gasteiger partial charge < -0.3 is 19.1 Å². The zero-order valence-electron chi connectivity index (χ0n) is 31.2. The third-order valence-corrected chi connectivity index (χ3v) is 10.8. The number of hydrogen-bond acceptors (Lipinski definition) is 8. The molecule has 1 aromatic heterocycles. The van der Waals surface area contributed by atoms with E-state index in [4.69, 9.17) is 14.2 Å². The fraction of sp³-hybridized carbons (Fsp3) is 0.692. The number of esters is 2. The summed E-state index contributed by atoms with van der Waals surface area (Å²) in [6.07, 6.45) is 4.76. The predicted octanol–water partition coefficient (Wildman–Crippen LogP) is 8.78. The van der Waals surface area contributed by atoms with Crippen LogP contribution in [0.1, 0.15) is 135 Å². The van der Waals surface area contributed by atoms with Crippen molar-refractivity contribution in [3.63, 3.8) is 0 Å². The highest BCUT2D eigenvalue weighted by Gasteiger charge is 2.63. The fourth-order valence-corrected chi connectivity index (χ4v) is 8.57. The van der Waals surface area contributed by atoms with Crippen LogP contribution in [0.2, 0.25) is 0 Å². The van der Waals surface area contributed by atoms with Gasteiger partial charge in [-0.1, -0.05) is 67.9 Å². The maximum atomic E-state index is 15.1. The van der Waals surface area contributed by atoms with E-state index in [-0.39, 0.29) is 41.7 Å². The molecule has 9 heteroatoms. The van der Waals surface area contributed by atoms with Crippen LogP contribution in [-0.4, -0.2) is 52.1 Å². The van der Waals surface area contributed by atoms with Crippen LogP contribution in [0.15, 0.2) is 29.8 Å². The van der Waals surface area contributed by atoms with E-state index in [2.05, 4.69) is 46.5 Å². The molecule has 2 aliphatic rings. The molecular formula is C39H58N2O6S. The van der Waals surface area contributed by atoms with E-state index in [0.717, 1.165) is 24.8 Å². The summed E-state index contributed by atoms with van der Waals surface area (Å²) in [5.41, 5.74) is -1.14. The maximum absolute atomic E-state index is 15.1. The minimum absolute atomic E-state index is 0.00171. The molecule has 0 spiro atoms. The first kappa shape index (κ1) is 37.9. The molecule has 2 heterocycles. The number of likely N-dealkylation sites (tertiary alicyclic amines) is 1. The molecule has 1 aliphatic carbocycles. The first-order valence-corrected chi connectivity index (χ1v) is 18.5. The Balaban J connectivity index is 1.91. The molecule has 0 bridgehead atoms. The van der Waals surface area contributed by atoms with Crippen molar-refractivity contribution in [2.24, 2.45) is 29.6 Å². The number of ether oxygens (including phenoxy) is 3. The molecule has 1 saturated heterocycles. The molecule has 4 rings (SSSR count). The van der Waals surface area contributed by atoms with Crippen LogP contribution < -0.4 is 4.74 Å². The lowest BCUT2D eigenvalue weighted by atomic mass is 9.75. The highest BCUT2D eigenvalue weighted by Crippen LogP contribution is 2.53. The van der Waals surface area contributed by atoms with Crippen molar-refractivity contribution in [2.75, 3.05) is 7.11 Å². The summed E-state index contributed by atoms with van der Waals surface area (Å²) in [5.74, 6) is -0.432. The molecule has 0 radical (unpaired) electrons. The van der Waals surface area contributed by atoms with Crippen LogP contribution in [0.4, 0.5) is 0 Å². The largest absolute Gasteiger partial charge is 0.496 e. The smallest absolute Gasteiger partial charge is 0.332 e. The molecule has 8 nitrogen and oxygen atoms in total. The second-order valence-corrected chi connectivity index (χ2v) is 17.8. The Bertz CT molecular complexity index is 1440. The highest BCUT2D eigenvalue weighted by molar-refractivity contribution is 7.09. The van der Waals surface area contributed by atoms with Gasteiger partial charge in [0.15, 0.2) is 0 Å². The Morgan fingerprint density at radius 3 is 2.29 bits per heavy atom. The topological polar surface area (TPSA) is 95.0 Å². The van der Waals surface area contributed by atoms with Gasteiger partial charge in [-0.25, -0.2) is 9.78 Å². The van der Waals surface area contributed by atoms with Crippen LogP contribution in [0.3, 0.4) is 0 Å². The quantitative estimate of drug-likeness (QED) is 0.244. The Kier molecular flexibility index (Phi) is 11.4. The van der Waals surface area contributed by atoms with Crippen molar-refractivity contribution in [3.8, 4) is 5.75 Å². The van der Waals surface area contributed by atoms with Gasteiger partial charge in [0.25, 0.3) is 5.91 Å².